The Labute approximate surface area is 131 Å². The van der Waals surface area contributed by atoms with Crippen molar-refractivity contribution in [3.05, 3.63) is 0 Å². The van der Waals surface area contributed by atoms with Crippen LogP contribution in [0.25, 0.3) is 0 Å². The third-order valence-electron chi connectivity index (χ3n) is 2.83. The molecule has 0 saturated heterocycles. The number of rotatable bonds is 9. The van der Waals surface area contributed by atoms with Gasteiger partial charge in [0.25, 0.3) is 0 Å². The Morgan fingerprint density at radius 2 is 1.64 bits per heavy atom. The molecule has 7 heteroatoms. The number of amides is 1. The van der Waals surface area contributed by atoms with E-state index >= 15 is 0 Å². The topological polar surface area (TPSA) is 102 Å². The second-order valence-electron chi connectivity index (χ2n) is 6.04. The summed E-state index contributed by atoms with van der Waals surface area (Å²) in [6, 6.07) is 0. The molecule has 0 spiro atoms. The number of alkyl carbamates (subject to hydrolysis) is 1. The van der Waals surface area contributed by atoms with Crippen LogP contribution in [0.2, 0.25) is 0 Å². The van der Waals surface area contributed by atoms with Gasteiger partial charge in [-0.25, -0.2) is 4.79 Å². The predicted octanol–water partition coefficient (Wildman–Crippen LogP) is 2.39. The Hall–Kier alpha value is -1.79. The van der Waals surface area contributed by atoms with Gasteiger partial charge in [-0.3, -0.25) is 9.59 Å². The van der Waals surface area contributed by atoms with Gasteiger partial charge < -0.3 is 19.9 Å². The average molecular weight is 317 g/mol. The Morgan fingerprint density at radius 1 is 1.05 bits per heavy atom. The number of aliphatic carboxylic acids is 1. The van der Waals surface area contributed by atoms with Crippen molar-refractivity contribution < 1.29 is 29.0 Å². The van der Waals surface area contributed by atoms with E-state index in [2.05, 4.69) is 5.32 Å². The van der Waals surface area contributed by atoms with E-state index in [-0.39, 0.29) is 24.8 Å². The number of hydrogen-bond acceptors (Lipinski definition) is 5. The van der Waals surface area contributed by atoms with Gasteiger partial charge in [-0.05, 0) is 18.3 Å². The van der Waals surface area contributed by atoms with Crippen LogP contribution in [0, 0.1) is 17.8 Å². The maximum Gasteiger partial charge on any atom is 0.410 e. The van der Waals surface area contributed by atoms with E-state index in [9.17, 15) is 14.4 Å². The van der Waals surface area contributed by atoms with Gasteiger partial charge in [0.15, 0.2) is 0 Å². The Balaban J connectivity index is 4.22. The van der Waals surface area contributed by atoms with Crippen molar-refractivity contribution in [2.24, 2.45) is 17.8 Å². The van der Waals surface area contributed by atoms with Crippen LogP contribution in [0.5, 0.6) is 0 Å². The summed E-state index contributed by atoms with van der Waals surface area (Å²) in [7, 11) is 0. The lowest BCUT2D eigenvalue weighted by Crippen LogP contribution is -2.34. The van der Waals surface area contributed by atoms with E-state index < -0.39 is 24.3 Å². The average Bonchev–Trinajstić information content (AvgIpc) is 2.34. The summed E-state index contributed by atoms with van der Waals surface area (Å²) in [5.41, 5.74) is 0. The molecule has 0 radical (unpaired) electrons. The van der Waals surface area contributed by atoms with E-state index in [1.165, 1.54) is 6.92 Å². The first-order chi connectivity index (χ1) is 10.1. The lowest BCUT2D eigenvalue weighted by Gasteiger charge is -2.19. The zero-order valence-corrected chi connectivity index (χ0v) is 13.9. The number of esters is 1. The second kappa shape index (κ2) is 10.0. The quantitative estimate of drug-likeness (QED) is 0.500. The van der Waals surface area contributed by atoms with Gasteiger partial charge in [0.2, 0.25) is 6.29 Å². The van der Waals surface area contributed by atoms with Crippen LogP contribution in [-0.2, 0) is 19.1 Å². The minimum atomic E-state index is -0.988. The van der Waals surface area contributed by atoms with Crippen LogP contribution in [0.1, 0.15) is 47.5 Å². The van der Waals surface area contributed by atoms with E-state index in [0.29, 0.717) is 12.3 Å². The molecule has 0 aromatic carbocycles. The highest BCUT2D eigenvalue weighted by molar-refractivity contribution is 5.72. The second-order valence-corrected chi connectivity index (χ2v) is 6.04. The zero-order valence-electron chi connectivity index (χ0n) is 13.9. The molecule has 0 rings (SSSR count). The summed E-state index contributed by atoms with van der Waals surface area (Å²) < 4.78 is 9.79. The molecule has 0 fully saturated rings. The number of carbonyl (C=O) groups excluding carboxylic acids is 2. The van der Waals surface area contributed by atoms with Crippen LogP contribution in [0.4, 0.5) is 4.79 Å². The summed E-state index contributed by atoms with van der Waals surface area (Å²) in [6.45, 7) is 8.98. The van der Waals surface area contributed by atoms with Crippen LogP contribution >= 0.6 is 0 Å². The summed E-state index contributed by atoms with van der Waals surface area (Å²) >= 11 is 0. The van der Waals surface area contributed by atoms with Gasteiger partial charge in [0, 0.05) is 19.9 Å². The smallest absolute Gasteiger partial charge is 0.410 e. The first-order valence-corrected chi connectivity index (χ1v) is 7.48. The Bertz CT molecular complexity index is 380. The molecule has 7 nitrogen and oxygen atoms in total. The third kappa shape index (κ3) is 10.0. The minimum Gasteiger partial charge on any atom is -0.481 e. The van der Waals surface area contributed by atoms with Crippen LogP contribution in [-0.4, -0.2) is 36.0 Å². The number of carboxylic acid groups (broad SMARTS) is 1. The summed E-state index contributed by atoms with van der Waals surface area (Å²) in [4.78, 5) is 33.8. The van der Waals surface area contributed by atoms with Crippen molar-refractivity contribution in [2.75, 3.05) is 6.54 Å². The largest absolute Gasteiger partial charge is 0.481 e. The fourth-order valence-corrected chi connectivity index (χ4v) is 1.90. The van der Waals surface area contributed by atoms with Crippen LogP contribution in [0.15, 0.2) is 0 Å². The Kier molecular flexibility index (Phi) is 9.21. The molecule has 22 heavy (non-hydrogen) atoms. The molecule has 2 N–H and O–H groups in total. The van der Waals surface area contributed by atoms with Crippen molar-refractivity contribution >= 4 is 18.0 Å². The molecule has 0 aromatic rings. The number of carboxylic acids is 1. The summed E-state index contributed by atoms with van der Waals surface area (Å²) in [5, 5.41) is 11.4. The van der Waals surface area contributed by atoms with Gasteiger partial charge >= 0.3 is 18.0 Å². The van der Waals surface area contributed by atoms with Crippen molar-refractivity contribution in [3.8, 4) is 0 Å². The normalized spacial score (nSPS) is 13.6. The van der Waals surface area contributed by atoms with Gasteiger partial charge in [0.1, 0.15) is 0 Å². The molecular formula is C15H27NO6. The highest BCUT2D eigenvalue weighted by Gasteiger charge is 2.19. The van der Waals surface area contributed by atoms with E-state index in [4.69, 9.17) is 14.6 Å². The number of ether oxygens (including phenoxy) is 2. The molecule has 128 valence electrons. The first-order valence-electron chi connectivity index (χ1n) is 7.48. The molecule has 0 heterocycles. The minimum absolute atomic E-state index is 0.0175. The molecule has 1 amide bonds. The number of nitrogens with one attached hydrogen (secondary N) is 1. The van der Waals surface area contributed by atoms with Crippen molar-refractivity contribution in [1.82, 2.24) is 5.32 Å². The molecule has 0 aliphatic carbocycles. The third-order valence-corrected chi connectivity index (χ3v) is 2.83. The first kappa shape index (κ1) is 20.2. The molecule has 0 unspecified atom stereocenters. The van der Waals surface area contributed by atoms with Crippen molar-refractivity contribution in [3.63, 3.8) is 0 Å². The monoisotopic (exact) mass is 317 g/mol. The van der Waals surface area contributed by atoms with Gasteiger partial charge in [0.05, 0.1) is 5.92 Å². The highest BCUT2D eigenvalue weighted by Crippen LogP contribution is 2.14. The molecule has 0 aliphatic rings. The number of hydrogen-bond donors (Lipinski definition) is 2. The maximum atomic E-state index is 11.6. The molecule has 2 atom stereocenters. The lowest BCUT2D eigenvalue weighted by molar-refractivity contribution is -0.168. The number of carbonyl (C=O) groups is 3. The van der Waals surface area contributed by atoms with E-state index in [0.717, 1.165) is 0 Å². The lowest BCUT2D eigenvalue weighted by atomic mass is 9.94. The molecule has 0 saturated carbocycles. The van der Waals surface area contributed by atoms with Crippen molar-refractivity contribution in [2.45, 2.75) is 53.8 Å². The van der Waals surface area contributed by atoms with Gasteiger partial charge in [-0.2, -0.15) is 0 Å². The predicted molar refractivity (Wildman–Crippen MR) is 80.1 cm³/mol. The molecule has 0 bridgehead atoms. The van der Waals surface area contributed by atoms with E-state index in [1.807, 2.05) is 13.8 Å². The molecule has 0 aliphatic heterocycles. The SMILES string of the molecule is CC(C)C[C@H](CNC(=O)O[C@H](C)OC(=O)C(C)C)CC(=O)O. The Morgan fingerprint density at radius 3 is 2.09 bits per heavy atom. The maximum absolute atomic E-state index is 11.6. The highest BCUT2D eigenvalue weighted by atomic mass is 16.7. The van der Waals surface area contributed by atoms with E-state index in [1.54, 1.807) is 13.8 Å². The summed E-state index contributed by atoms with van der Waals surface area (Å²) in [5.74, 6) is -1.50. The zero-order chi connectivity index (χ0) is 17.3. The van der Waals surface area contributed by atoms with Crippen LogP contribution in [0.3, 0.4) is 0 Å². The molecular weight excluding hydrogens is 290 g/mol. The van der Waals surface area contributed by atoms with Crippen molar-refractivity contribution in [1.29, 1.82) is 0 Å². The van der Waals surface area contributed by atoms with Gasteiger partial charge in [-0.1, -0.05) is 27.7 Å². The fourth-order valence-electron chi connectivity index (χ4n) is 1.90. The van der Waals surface area contributed by atoms with Gasteiger partial charge in [-0.15, -0.1) is 0 Å². The summed E-state index contributed by atoms with van der Waals surface area (Å²) in [6.07, 6.45) is -1.05. The standard InChI is InChI=1S/C15H27NO6/c1-9(2)6-12(7-13(17)18)8-16-15(20)22-11(5)21-14(19)10(3)4/h9-12H,6-8H2,1-5H3,(H,16,20)(H,17,18)/t11-,12+/m1/s1. The molecule has 0 aromatic heterocycles. The fraction of sp³-hybridized carbons (Fsp3) is 0.800. The van der Waals surface area contributed by atoms with Crippen LogP contribution < -0.4 is 5.32 Å².